The van der Waals surface area contributed by atoms with Crippen molar-refractivity contribution in [1.29, 1.82) is 0 Å². The van der Waals surface area contributed by atoms with Crippen molar-refractivity contribution >= 4 is 0 Å². The zero-order valence-corrected chi connectivity index (χ0v) is 11.3. The quantitative estimate of drug-likeness (QED) is 0.893. The number of rotatable bonds is 3. The summed E-state index contributed by atoms with van der Waals surface area (Å²) in [5, 5.41) is 0. The molecule has 2 rings (SSSR count). The molecule has 1 fully saturated rings. The molecular formula is C15H23FN2. The summed E-state index contributed by atoms with van der Waals surface area (Å²) in [6.07, 6.45) is 3.83. The lowest BCUT2D eigenvalue weighted by atomic mass is 9.85. The first-order valence-corrected chi connectivity index (χ1v) is 6.81. The largest absolute Gasteiger partial charge is 0.320 e. The Morgan fingerprint density at radius 1 is 1.17 bits per heavy atom. The highest BCUT2D eigenvalue weighted by Gasteiger charge is 2.33. The Hall–Kier alpha value is -0.930. The molecule has 3 heteroatoms. The van der Waals surface area contributed by atoms with Gasteiger partial charge in [0, 0.05) is 6.04 Å². The van der Waals surface area contributed by atoms with Crippen molar-refractivity contribution in [2.45, 2.75) is 44.7 Å². The first-order valence-electron chi connectivity index (χ1n) is 6.81. The monoisotopic (exact) mass is 250 g/mol. The van der Waals surface area contributed by atoms with Gasteiger partial charge in [0.1, 0.15) is 5.82 Å². The van der Waals surface area contributed by atoms with Crippen LogP contribution in [-0.4, -0.2) is 24.0 Å². The molecule has 0 saturated carbocycles. The van der Waals surface area contributed by atoms with Crippen LogP contribution in [0, 0.1) is 5.82 Å². The van der Waals surface area contributed by atoms with Gasteiger partial charge in [0.2, 0.25) is 0 Å². The molecule has 1 aromatic rings. The smallest absolute Gasteiger partial charge is 0.123 e. The Labute approximate surface area is 109 Å². The molecule has 0 aromatic heterocycles. The molecule has 1 aliphatic heterocycles. The highest BCUT2D eigenvalue weighted by Crippen LogP contribution is 2.27. The van der Waals surface area contributed by atoms with E-state index in [1.807, 2.05) is 6.92 Å². The van der Waals surface area contributed by atoms with Crippen LogP contribution in [0.1, 0.15) is 38.7 Å². The molecular weight excluding hydrogens is 227 g/mol. The predicted octanol–water partition coefficient (Wildman–Crippen LogP) is 2.87. The van der Waals surface area contributed by atoms with Gasteiger partial charge in [-0.2, -0.15) is 0 Å². The van der Waals surface area contributed by atoms with Gasteiger partial charge in [-0.3, -0.25) is 4.90 Å². The Kier molecular flexibility index (Phi) is 4.03. The number of halogens is 1. The normalized spacial score (nSPS) is 22.4. The number of likely N-dealkylation sites (tertiary alicyclic amines) is 1. The molecule has 1 aliphatic rings. The van der Waals surface area contributed by atoms with E-state index in [0.717, 1.165) is 18.7 Å². The summed E-state index contributed by atoms with van der Waals surface area (Å²) < 4.78 is 13.0. The minimum Gasteiger partial charge on any atom is -0.320 e. The van der Waals surface area contributed by atoms with Crippen LogP contribution in [0.2, 0.25) is 0 Å². The number of piperidine rings is 1. The molecule has 0 bridgehead atoms. The van der Waals surface area contributed by atoms with Gasteiger partial charge in [-0.25, -0.2) is 4.39 Å². The number of hydrogen-bond donors (Lipinski definition) is 1. The fourth-order valence-corrected chi connectivity index (χ4v) is 2.74. The third kappa shape index (κ3) is 2.73. The Balaban J connectivity index is 2.15. The minimum atomic E-state index is -0.439. The molecule has 1 saturated heterocycles. The second kappa shape index (κ2) is 5.37. The van der Waals surface area contributed by atoms with Crippen molar-refractivity contribution in [2.75, 3.05) is 13.1 Å². The van der Waals surface area contributed by atoms with Crippen molar-refractivity contribution in [3.63, 3.8) is 0 Å². The lowest BCUT2D eigenvalue weighted by Gasteiger charge is -2.42. The molecule has 2 unspecified atom stereocenters. The molecule has 1 aromatic carbocycles. The van der Waals surface area contributed by atoms with Crippen LogP contribution in [0.3, 0.4) is 0 Å². The maximum Gasteiger partial charge on any atom is 0.123 e. The molecule has 2 atom stereocenters. The first-order chi connectivity index (χ1) is 8.51. The molecule has 100 valence electrons. The summed E-state index contributed by atoms with van der Waals surface area (Å²) in [5.74, 6) is -0.208. The fraction of sp³-hybridized carbons (Fsp3) is 0.600. The van der Waals surface area contributed by atoms with Crippen LogP contribution in [0.25, 0.3) is 0 Å². The zero-order chi connectivity index (χ0) is 13.2. The molecule has 1 heterocycles. The molecule has 0 amide bonds. The van der Waals surface area contributed by atoms with Gasteiger partial charge in [-0.1, -0.05) is 18.6 Å². The Bertz CT molecular complexity index is 380. The van der Waals surface area contributed by atoms with Gasteiger partial charge in [0.05, 0.1) is 5.54 Å². The summed E-state index contributed by atoms with van der Waals surface area (Å²) in [7, 11) is 0. The standard InChI is InChI=1S/C15H23FN2/c1-12(18-10-4-3-5-11-18)15(2,17)13-6-8-14(16)9-7-13/h6-9,12H,3-5,10-11,17H2,1-2H3. The summed E-state index contributed by atoms with van der Waals surface area (Å²) in [6.45, 7) is 6.46. The van der Waals surface area contributed by atoms with Gasteiger partial charge in [0.25, 0.3) is 0 Å². The molecule has 18 heavy (non-hydrogen) atoms. The SMILES string of the molecule is CC(N1CCCCC1)C(C)(N)c1ccc(F)cc1. The summed E-state index contributed by atoms with van der Waals surface area (Å²) in [4.78, 5) is 2.45. The Morgan fingerprint density at radius 3 is 2.28 bits per heavy atom. The maximum absolute atomic E-state index is 13.0. The van der Waals surface area contributed by atoms with E-state index < -0.39 is 5.54 Å². The average molecular weight is 250 g/mol. The molecule has 0 radical (unpaired) electrons. The van der Waals surface area contributed by atoms with Gasteiger partial charge >= 0.3 is 0 Å². The molecule has 0 aliphatic carbocycles. The second-order valence-corrected chi connectivity index (χ2v) is 5.56. The van der Waals surface area contributed by atoms with E-state index in [2.05, 4.69) is 11.8 Å². The van der Waals surface area contributed by atoms with Crippen LogP contribution in [0.4, 0.5) is 4.39 Å². The van der Waals surface area contributed by atoms with E-state index in [9.17, 15) is 4.39 Å². The highest BCUT2D eigenvalue weighted by molar-refractivity contribution is 5.25. The molecule has 2 N–H and O–H groups in total. The first kappa shape index (κ1) is 13.5. The van der Waals surface area contributed by atoms with Gasteiger partial charge < -0.3 is 5.73 Å². The maximum atomic E-state index is 13.0. The van der Waals surface area contributed by atoms with E-state index in [0.29, 0.717) is 0 Å². The fourth-order valence-electron chi connectivity index (χ4n) is 2.74. The number of hydrogen-bond acceptors (Lipinski definition) is 2. The van der Waals surface area contributed by atoms with Crippen LogP contribution < -0.4 is 5.73 Å². The van der Waals surface area contributed by atoms with Crippen molar-refractivity contribution in [1.82, 2.24) is 4.90 Å². The van der Waals surface area contributed by atoms with Crippen molar-refractivity contribution < 1.29 is 4.39 Å². The predicted molar refractivity (Wildman–Crippen MR) is 72.8 cm³/mol. The topological polar surface area (TPSA) is 29.3 Å². The van der Waals surface area contributed by atoms with Crippen molar-refractivity contribution in [3.8, 4) is 0 Å². The third-order valence-electron chi connectivity index (χ3n) is 4.27. The zero-order valence-electron chi connectivity index (χ0n) is 11.3. The van der Waals surface area contributed by atoms with Crippen LogP contribution in [0.15, 0.2) is 24.3 Å². The van der Waals surface area contributed by atoms with Crippen molar-refractivity contribution in [3.05, 3.63) is 35.6 Å². The summed E-state index contributed by atoms with van der Waals surface area (Å²) in [6, 6.07) is 6.85. The summed E-state index contributed by atoms with van der Waals surface area (Å²) in [5.41, 5.74) is 7.06. The van der Waals surface area contributed by atoms with Crippen LogP contribution >= 0.6 is 0 Å². The minimum absolute atomic E-state index is 0.208. The summed E-state index contributed by atoms with van der Waals surface area (Å²) >= 11 is 0. The lowest BCUT2D eigenvalue weighted by molar-refractivity contribution is 0.116. The number of benzene rings is 1. The van der Waals surface area contributed by atoms with Gasteiger partial charge in [-0.05, 0) is 57.5 Å². The van der Waals surface area contributed by atoms with Gasteiger partial charge in [0.15, 0.2) is 0 Å². The van der Waals surface area contributed by atoms with E-state index in [1.54, 1.807) is 12.1 Å². The van der Waals surface area contributed by atoms with E-state index >= 15 is 0 Å². The van der Waals surface area contributed by atoms with Crippen LogP contribution in [-0.2, 0) is 5.54 Å². The highest BCUT2D eigenvalue weighted by atomic mass is 19.1. The van der Waals surface area contributed by atoms with Crippen LogP contribution in [0.5, 0.6) is 0 Å². The number of nitrogens with zero attached hydrogens (tertiary/aromatic N) is 1. The van der Waals surface area contributed by atoms with E-state index in [4.69, 9.17) is 5.73 Å². The third-order valence-corrected chi connectivity index (χ3v) is 4.27. The number of nitrogens with two attached hydrogens (primary N) is 1. The second-order valence-electron chi connectivity index (χ2n) is 5.56. The molecule has 0 spiro atoms. The van der Waals surface area contributed by atoms with E-state index in [-0.39, 0.29) is 11.9 Å². The Morgan fingerprint density at radius 2 is 1.72 bits per heavy atom. The average Bonchev–Trinajstić information content (AvgIpc) is 2.39. The molecule has 2 nitrogen and oxygen atoms in total. The van der Waals surface area contributed by atoms with E-state index in [1.165, 1.54) is 31.4 Å². The van der Waals surface area contributed by atoms with Gasteiger partial charge in [-0.15, -0.1) is 0 Å². The lowest BCUT2D eigenvalue weighted by Crippen LogP contribution is -2.54. The van der Waals surface area contributed by atoms with Crippen molar-refractivity contribution in [2.24, 2.45) is 5.73 Å².